The molecule has 0 aliphatic carbocycles. The fourth-order valence-electron chi connectivity index (χ4n) is 1.60. The van der Waals surface area contributed by atoms with Crippen molar-refractivity contribution in [3.63, 3.8) is 0 Å². The summed E-state index contributed by atoms with van der Waals surface area (Å²) in [5.74, 6) is 5.69. The molecule has 2 atom stereocenters. The molecule has 3 N–H and O–H groups in total. The van der Waals surface area contributed by atoms with E-state index < -0.39 is 12.8 Å². The number of halogens is 3. The average molecular weight is 242 g/mol. The highest BCUT2D eigenvalue weighted by atomic mass is 19.4. The first-order chi connectivity index (χ1) is 7.39. The molecule has 0 heterocycles. The van der Waals surface area contributed by atoms with Crippen LogP contribution >= 0.6 is 0 Å². The minimum atomic E-state index is -4.27. The van der Waals surface area contributed by atoms with E-state index in [-0.39, 0.29) is 12.6 Å². The number of ether oxygens (including phenoxy) is 1. The molecule has 0 aliphatic heterocycles. The van der Waals surface area contributed by atoms with Crippen LogP contribution in [0.1, 0.15) is 33.1 Å². The van der Waals surface area contributed by atoms with Crippen LogP contribution in [0, 0.1) is 5.92 Å². The second-order valence-electron chi connectivity index (χ2n) is 4.12. The third-order valence-electron chi connectivity index (χ3n) is 2.29. The zero-order chi connectivity index (χ0) is 12.6. The zero-order valence-corrected chi connectivity index (χ0v) is 9.81. The van der Waals surface area contributed by atoms with Gasteiger partial charge >= 0.3 is 6.18 Å². The van der Waals surface area contributed by atoms with Gasteiger partial charge in [0.25, 0.3) is 0 Å². The molecule has 0 aromatic heterocycles. The van der Waals surface area contributed by atoms with E-state index in [1.54, 1.807) is 0 Å². The summed E-state index contributed by atoms with van der Waals surface area (Å²) in [5, 5.41) is 0. The van der Waals surface area contributed by atoms with Gasteiger partial charge in [-0.2, -0.15) is 13.2 Å². The van der Waals surface area contributed by atoms with Crippen molar-refractivity contribution in [2.45, 2.75) is 45.3 Å². The lowest BCUT2D eigenvalue weighted by Gasteiger charge is -2.20. The van der Waals surface area contributed by atoms with Gasteiger partial charge in [0.1, 0.15) is 6.61 Å². The second kappa shape index (κ2) is 7.86. The summed E-state index contributed by atoms with van der Waals surface area (Å²) < 4.78 is 40.0. The Labute approximate surface area is 94.5 Å². The highest BCUT2D eigenvalue weighted by Crippen LogP contribution is 2.16. The molecule has 0 bridgehead atoms. The van der Waals surface area contributed by atoms with Gasteiger partial charge in [-0.1, -0.05) is 26.7 Å². The van der Waals surface area contributed by atoms with Crippen LogP contribution in [0.5, 0.6) is 0 Å². The maximum atomic E-state index is 11.8. The Morgan fingerprint density at radius 2 is 2.00 bits per heavy atom. The Kier molecular flexibility index (Phi) is 7.70. The molecule has 16 heavy (non-hydrogen) atoms. The SMILES string of the molecule is CCCC(C)CC(COCC(F)(F)F)NN. The van der Waals surface area contributed by atoms with Crippen LogP contribution in [0.25, 0.3) is 0 Å². The maximum Gasteiger partial charge on any atom is 0.411 e. The molecule has 0 radical (unpaired) electrons. The fourth-order valence-corrected chi connectivity index (χ4v) is 1.60. The topological polar surface area (TPSA) is 47.3 Å². The Balaban J connectivity index is 3.75. The highest BCUT2D eigenvalue weighted by molar-refractivity contribution is 4.67. The standard InChI is InChI=1S/C10H21F3N2O/c1-3-4-8(2)5-9(15-14)6-16-7-10(11,12)13/h8-9,15H,3-7,14H2,1-2H3. The Morgan fingerprint density at radius 3 is 2.44 bits per heavy atom. The minimum Gasteiger partial charge on any atom is -0.370 e. The quantitative estimate of drug-likeness (QED) is 0.507. The average Bonchev–Trinajstić information content (AvgIpc) is 2.14. The van der Waals surface area contributed by atoms with Gasteiger partial charge in [-0.25, -0.2) is 0 Å². The molecule has 0 aromatic carbocycles. The number of hydrogen-bond donors (Lipinski definition) is 2. The van der Waals surface area contributed by atoms with Crippen LogP contribution in [-0.4, -0.2) is 25.4 Å². The van der Waals surface area contributed by atoms with Gasteiger partial charge in [-0.15, -0.1) is 0 Å². The van der Waals surface area contributed by atoms with Gasteiger partial charge in [-0.05, 0) is 12.3 Å². The summed E-state index contributed by atoms with van der Waals surface area (Å²) in [6, 6.07) is -0.219. The van der Waals surface area contributed by atoms with E-state index >= 15 is 0 Å². The second-order valence-corrected chi connectivity index (χ2v) is 4.12. The molecule has 2 unspecified atom stereocenters. The molecule has 0 saturated heterocycles. The monoisotopic (exact) mass is 242 g/mol. The van der Waals surface area contributed by atoms with Crippen LogP contribution in [0.15, 0.2) is 0 Å². The van der Waals surface area contributed by atoms with Crippen LogP contribution in [0.3, 0.4) is 0 Å². The van der Waals surface area contributed by atoms with Gasteiger partial charge in [0.2, 0.25) is 0 Å². The van der Waals surface area contributed by atoms with Crippen molar-refractivity contribution in [3.05, 3.63) is 0 Å². The van der Waals surface area contributed by atoms with Crippen LogP contribution < -0.4 is 11.3 Å². The summed E-state index contributed by atoms with van der Waals surface area (Å²) in [6.45, 7) is 2.90. The van der Waals surface area contributed by atoms with Crippen LogP contribution in [-0.2, 0) is 4.74 Å². The number of rotatable bonds is 8. The molecule has 6 heteroatoms. The predicted molar refractivity (Wildman–Crippen MR) is 56.7 cm³/mol. The van der Waals surface area contributed by atoms with Crippen molar-refractivity contribution in [2.24, 2.45) is 11.8 Å². The van der Waals surface area contributed by atoms with E-state index in [0.29, 0.717) is 5.92 Å². The van der Waals surface area contributed by atoms with E-state index in [1.165, 1.54) is 0 Å². The van der Waals surface area contributed by atoms with Crippen molar-refractivity contribution in [3.8, 4) is 0 Å². The lowest BCUT2D eigenvalue weighted by atomic mass is 9.98. The van der Waals surface area contributed by atoms with Gasteiger partial charge in [-0.3, -0.25) is 11.3 Å². The van der Waals surface area contributed by atoms with Crippen molar-refractivity contribution < 1.29 is 17.9 Å². The van der Waals surface area contributed by atoms with Gasteiger partial charge in [0.15, 0.2) is 0 Å². The van der Waals surface area contributed by atoms with Gasteiger partial charge in [0.05, 0.1) is 6.61 Å². The summed E-state index contributed by atoms with van der Waals surface area (Å²) >= 11 is 0. The molecule has 98 valence electrons. The Bertz CT molecular complexity index is 176. The zero-order valence-electron chi connectivity index (χ0n) is 9.81. The van der Waals surface area contributed by atoms with Gasteiger partial charge in [0, 0.05) is 6.04 Å². The predicted octanol–water partition coefficient (Wildman–Crippen LogP) is 2.22. The molecule has 3 nitrogen and oxygen atoms in total. The minimum absolute atomic E-state index is 0.00986. The number of hydrazine groups is 1. The lowest BCUT2D eigenvalue weighted by molar-refractivity contribution is -0.175. The van der Waals surface area contributed by atoms with E-state index in [0.717, 1.165) is 19.3 Å². The van der Waals surface area contributed by atoms with E-state index in [9.17, 15) is 13.2 Å². The summed E-state index contributed by atoms with van der Waals surface area (Å²) in [6.07, 6.45) is -1.45. The van der Waals surface area contributed by atoms with Crippen molar-refractivity contribution in [1.29, 1.82) is 0 Å². The number of hydrogen-bond acceptors (Lipinski definition) is 3. The highest BCUT2D eigenvalue weighted by Gasteiger charge is 2.27. The van der Waals surface area contributed by atoms with E-state index in [1.807, 2.05) is 0 Å². The summed E-state index contributed by atoms with van der Waals surface area (Å²) in [4.78, 5) is 0. The van der Waals surface area contributed by atoms with Crippen molar-refractivity contribution >= 4 is 0 Å². The third kappa shape index (κ3) is 8.94. The first-order valence-corrected chi connectivity index (χ1v) is 5.49. The fraction of sp³-hybridized carbons (Fsp3) is 1.00. The first-order valence-electron chi connectivity index (χ1n) is 5.49. The third-order valence-corrected chi connectivity index (χ3v) is 2.29. The molecular formula is C10H21F3N2O. The van der Waals surface area contributed by atoms with Crippen LogP contribution in [0.2, 0.25) is 0 Å². The Morgan fingerprint density at radius 1 is 1.38 bits per heavy atom. The van der Waals surface area contributed by atoms with E-state index in [2.05, 4.69) is 24.0 Å². The number of nitrogens with two attached hydrogens (primary N) is 1. The van der Waals surface area contributed by atoms with Crippen molar-refractivity contribution in [2.75, 3.05) is 13.2 Å². The summed E-state index contributed by atoms with van der Waals surface area (Å²) in [7, 11) is 0. The molecule has 0 aliphatic rings. The van der Waals surface area contributed by atoms with Crippen LogP contribution in [0.4, 0.5) is 13.2 Å². The molecule has 0 spiro atoms. The van der Waals surface area contributed by atoms with Crippen molar-refractivity contribution in [1.82, 2.24) is 5.43 Å². The normalized spacial score (nSPS) is 16.1. The maximum absolute atomic E-state index is 11.8. The molecule has 0 amide bonds. The lowest BCUT2D eigenvalue weighted by Crippen LogP contribution is -2.40. The van der Waals surface area contributed by atoms with Gasteiger partial charge < -0.3 is 4.74 Å². The van der Waals surface area contributed by atoms with E-state index in [4.69, 9.17) is 5.84 Å². The molecule has 0 aromatic rings. The largest absolute Gasteiger partial charge is 0.411 e. The first kappa shape index (κ1) is 15.7. The molecule has 0 fully saturated rings. The molecule has 0 rings (SSSR count). The number of nitrogens with one attached hydrogen (secondary N) is 1. The smallest absolute Gasteiger partial charge is 0.370 e. The Hall–Kier alpha value is -0.330. The molecule has 0 saturated carbocycles. The number of alkyl halides is 3. The molecular weight excluding hydrogens is 221 g/mol. The summed E-state index contributed by atoms with van der Waals surface area (Å²) in [5.41, 5.74) is 2.49.